The number of alkyl halides is 1. The molecule has 1 atom stereocenters. The Bertz CT molecular complexity index is 410. The normalized spacial score (nSPS) is 18.8. The second-order valence-electron chi connectivity index (χ2n) is 3.11. The van der Waals surface area contributed by atoms with Gasteiger partial charge in [0.1, 0.15) is 10.9 Å². The van der Waals surface area contributed by atoms with E-state index in [9.17, 15) is 4.79 Å². The SMILES string of the molecule is O=C(CCl)NC1NN=C(c2ccccc2)S1. The third-order valence-electron chi connectivity index (χ3n) is 1.95. The molecule has 0 saturated heterocycles. The third kappa shape index (κ3) is 2.68. The third-order valence-corrected chi connectivity index (χ3v) is 3.20. The number of hydrazone groups is 1. The van der Waals surface area contributed by atoms with Gasteiger partial charge in [-0.05, 0) is 0 Å². The summed E-state index contributed by atoms with van der Waals surface area (Å²) in [5.74, 6) is -0.254. The molecule has 1 heterocycles. The van der Waals surface area contributed by atoms with Gasteiger partial charge in [-0.2, -0.15) is 5.10 Å². The summed E-state index contributed by atoms with van der Waals surface area (Å²) in [5.41, 5.74) is 3.63. The molecule has 2 N–H and O–H groups in total. The highest BCUT2D eigenvalue weighted by Gasteiger charge is 2.21. The summed E-state index contributed by atoms with van der Waals surface area (Å²) >= 11 is 6.85. The summed E-state index contributed by atoms with van der Waals surface area (Å²) in [6.45, 7) is 0. The van der Waals surface area contributed by atoms with Gasteiger partial charge in [-0.3, -0.25) is 10.2 Å². The van der Waals surface area contributed by atoms with Crippen LogP contribution in [0.5, 0.6) is 0 Å². The summed E-state index contributed by atoms with van der Waals surface area (Å²) in [4.78, 5) is 11.1. The molecule has 0 saturated carbocycles. The molecule has 0 radical (unpaired) electrons. The summed E-state index contributed by atoms with van der Waals surface area (Å²) in [6.07, 6.45) is 0. The van der Waals surface area contributed by atoms with Crippen LogP contribution in [0.4, 0.5) is 0 Å². The van der Waals surface area contributed by atoms with E-state index >= 15 is 0 Å². The fourth-order valence-corrected chi connectivity index (χ4v) is 2.22. The number of carbonyl (C=O) groups excluding carboxylic acids is 1. The van der Waals surface area contributed by atoms with E-state index in [0.29, 0.717) is 0 Å². The highest BCUT2D eigenvalue weighted by Crippen LogP contribution is 2.20. The molecule has 1 amide bonds. The zero-order valence-corrected chi connectivity index (χ0v) is 9.89. The van der Waals surface area contributed by atoms with Gasteiger partial charge in [-0.1, -0.05) is 42.1 Å². The van der Waals surface area contributed by atoms with Crippen LogP contribution in [0.2, 0.25) is 0 Å². The lowest BCUT2D eigenvalue weighted by Gasteiger charge is -2.09. The Morgan fingerprint density at radius 3 is 2.94 bits per heavy atom. The van der Waals surface area contributed by atoms with Crippen LogP contribution in [0.3, 0.4) is 0 Å². The van der Waals surface area contributed by atoms with Crippen molar-refractivity contribution < 1.29 is 4.79 Å². The lowest BCUT2D eigenvalue weighted by Crippen LogP contribution is -2.39. The first-order valence-electron chi connectivity index (χ1n) is 4.70. The Balaban J connectivity index is 1.95. The number of carbonyl (C=O) groups is 1. The number of hydrogen-bond donors (Lipinski definition) is 2. The fraction of sp³-hybridized carbons (Fsp3) is 0.200. The average Bonchev–Trinajstić information content (AvgIpc) is 2.78. The number of rotatable bonds is 3. The van der Waals surface area contributed by atoms with Crippen molar-refractivity contribution in [3.05, 3.63) is 35.9 Å². The van der Waals surface area contributed by atoms with E-state index in [2.05, 4.69) is 15.8 Å². The van der Waals surface area contributed by atoms with Crippen molar-refractivity contribution in [3.8, 4) is 0 Å². The van der Waals surface area contributed by atoms with E-state index in [1.54, 1.807) is 0 Å². The van der Waals surface area contributed by atoms with Crippen molar-refractivity contribution in [2.75, 3.05) is 5.88 Å². The monoisotopic (exact) mass is 255 g/mol. The van der Waals surface area contributed by atoms with Gasteiger partial charge < -0.3 is 5.32 Å². The minimum absolute atomic E-state index is 0.0423. The van der Waals surface area contributed by atoms with E-state index in [1.165, 1.54) is 11.8 Å². The van der Waals surface area contributed by atoms with Crippen molar-refractivity contribution in [2.24, 2.45) is 5.10 Å². The Labute approximate surface area is 102 Å². The molecule has 0 aliphatic carbocycles. The zero-order chi connectivity index (χ0) is 11.4. The Hall–Kier alpha value is -1.20. The van der Waals surface area contributed by atoms with Crippen LogP contribution in [-0.4, -0.2) is 22.3 Å². The molecule has 16 heavy (non-hydrogen) atoms. The van der Waals surface area contributed by atoms with E-state index in [1.807, 2.05) is 30.3 Å². The minimum Gasteiger partial charge on any atom is -0.325 e. The topological polar surface area (TPSA) is 53.5 Å². The summed E-state index contributed by atoms with van der Waals surface area (Å²) in [7, 11) is 0. The lowest BCUT2D eigenvalue weighted by atomic mass is 10.2. The molecular formula is C10H10ClN3OS. The van der Waals surface area contributed by atoms with Gasteiger partial charge >= 0.3 is 0 Å². The van der Waals surface area contributed by atoms with Crippen molar-refractivity contribution in [1.82, 2.24) is 10.7 Å². The smallest absolute Gasteiger partial charge is 0.237 e. The minimum atomic E-state index is -0.235. The lowest BCUT2D eigenvalue weighted by molar-refractivity contribution is -0.118. The van der Waals surface area contributed by atoms with Gasteiger partial charge in [0.05, 0.1) is 0 Å². The van der Waals surface area contributed by atoms with Crippen LogP contribution >= 0.6 is 23.4 Å². The van der Waals surface area contributed by atoms with Crippen molar-refractivity contribution in [1.29, 1.82) is 0 Å². The maximum absolute atomic E-state index is 11.1. The van der Waals surface area contributed by atoms with Crippen LogP contribution in [0.1, 0.15) is 5.56 Å². The molecule has 0 fully saturated rings. The van der Waals surface area contributed by atoms with E-state index in [0.717, 1.165) is 10.6 Å². The van der Waals surface area contributed by atoms with E-state index in [4.69, 9.17) is 11.6 Å². The number of amides is 1. The maximum atomic E-state index is 11.1. The van der Waals surface area contributed by atoms with Gasteiger partial charge in [0, 0.05) is 5.56 Å². The van der Waals surface area contributed by atoms with Crippen LogP contribution in [0.25, 0.3) is 0 Å². The number of benzene rings is 1. The molecule has 1 unspecified atom stereocenters. The standard InChI is InChI=1S/C10H10ClN3OS/c11-6-8(15)12-10-14-13-9(16-10)7-4-2-1-3-5-7/h1-5,10,14H,6H2,(H,12,15). The second-order valence-corrected chi connectivity index (χ2v) is 4.47. The van der Waals surface area contributed by atoms with Gasteiger partial charge in [-0.25, -0.2) is 0 Å². The summed E-state index contributed by atoms with van der Waals surface area (Å²) < 4.78 is 0. The van der Waals surface area contributed by atoms with Crippen LogP contribution in [-0.2, 0) is 4.79 Å². The summed E-state index contributed by atoms with van der Waals surface area (Å²) in [6, 6.07) is 9.79. The molecule has 4 nitrogen and oxygen atoms in total. The van der Waals surface area contributed by atoms with Crippen molar-refractivity contribution >= 4 is 34.3 Å². The number of nitrogens with one attached hydrogen (secondary N) is 2. The number of halogens is 1. The first-order valence-corrected chi connectivity index (χ1v) is 6.11. The molecule has 6 heteroatoms. The quantitative estimate of drug-likeness (QED) is 0.801. The van der Waals surface area contributed by atoms with Crippen LogP contribution in [0, 0.1) is 0 Å². The zero-order valence-electron chi connectivity index (χ0n) is 8.31. The Kier molecular flexibility index (Phi) is 3.69. The number of nitrogens with zero attached hydrogens (tertiary/aromatic N) is 1. The van der Waals surface area contributed by atoms with Crippen molar-refractivity contribution in [3.63, 3.8) is 0 Å². The molecule has 1 aliphatic rings. The molecule has 84 valence electrons. The highest BCUT2D eigenvalue weighted by atomic mass is 35.5. The van der Waals surface area contributed by atoms with Gasteiger partial charge in [0.2, 0.25) is 5.91 Å². The van der Waals surface area contributed by atoms with Gasteiger partial charge in [0.25, 0.3) is 0 Å². The summed E-state index contributed by atoms with van der Waals surface area (Å²) in [5, 5.41) is 7.70. The maximum Gasteiger partial charge on any atom is 0.237 e. The van der Waals surface area contributed by atoms with Gasteiger partial charge in [-0.15, -0.1) is 11.6 Å². The second kappa shape index (κ2) is 5.23. The average molecular weight is 256 g/mol. The largest absolute Gasteiger partial charge is 0.325 e. The van der Waals surface area contributed by atoms with Gasteiger partial charge in [0.15, 0.2) is 5.50 Å². The van der Waals surface area contributed by atoms with Crippen molar-refractivity contribution in [2.45, 2.75) is 5.50 Å². The van der Waals surface area contributed by atoms with Crippen LogP contribution in [0.15, 0.2) is 35.4 Å². The Morgan fingerprint density at radius 1 is 1.50 bits per heavy atom. The highest BCUT2D eigenvalue weighted by molar-refractivity contribution is 8.15. The Morgan fingerprint density at radius 2 is 2.25 bits per heavy atom. The number of thioether (sulfide) groups is 1. The molecule has 1 aromatic rings. The molecule has 0 aromatic heterocycles. The molecule has 1 aromatic carbocycles. The molecule has 0 spiro atoms. The molecule has 1 aliphatic heterocycles. The molecule has 2 rings (SSSR count). The number of hydrogen-bond acceptors (Lipinski definition) is 4. The van der Waals surface area contributed by atoms with E-state index < -0.39 is 0 Å². The first-order chi connectivity index (χ1) is 7.79. The predicted octanol–water partition coefficient (Wildman–Crippen LogP) is 1.32. The van der Waals surface area contributed by atoms with E-state index in [-0.39, 0.29) is 17.3 Å². The predicted molar refractivity (Wildman–Crippen MR) is 66.4 cm³/mol. The molecular weight excluding hydrogens is 246 g/mol. The fourth-order valence-electron chi connectivity index (χ4n) is 1.24. The first kappa shape index (κ1) is 11.3. The van der Waals surface area contributed by atoms with Crippen LogP contribution < -0.4 is 10.7 Å². The molecule has 0 bridgehead atoms.